The number of hydrogen-bond donors (Lipinski definition) is 1. The first-order valence-electron chi connectivity index (χ1n) is 8.18. The molecule has 1 aliphatic rings. The third-order valence-corrected chi connectivity index (χ3v) is 5.56. The number of thiazole rings is 1. The summed E-state index contributed by atoms with van der Waals surface area (Å²) in [5, 5.41) is 3.65. The van der Waals surface area contributed by atoms with Gasteiger partial charge in [-0.15, -0.1) is 0 Å². The maximum atomic E-state index is 12.6. The summed E-state index contributed by atoms with van der Waals surface area (Å²) in [4.78, 5) is 19.3. The number of carbonyl (C=O) groups excluding carboxylic acids is 1. The normalized spacial score (nSPS) is 15.9. The number of carbonyl (C=O) groups is 1. The first-order valence-corrected chi connectivity index (χ1v) is 8.99. The third-order valence-electron chi connectivity index (χ3n) is 4.61. The van der Waals surface area contributed by atoms with Crippen LogP contribution in [0.2, 0.25) is 0 Å². The lowest BCUT2D eigenvalue weighted by Gasteiger charge is -2.32. The molecule has 0 aliphatic carbocycles. The summed E-state index contributed by atoms with van der Waals surface area (Å²) in [6.45, 7) is 3.70. The first kappa shape index (κ1) is 15.3. The van der Waals surface area contributed by atoms with E-state index in [2.05, 4.69) is 39.5 Å². The van der Waals surface area contributed by atoms with Crippen molar-refractivity contribution in [1.29, 1.82) is 0 Å². The number of fused-ring (bicyclic) bond motifs is 2. The molecule has 0 fully saturated rings. The first-order chi connectivity index (χ1) is 11.7. The Balaban J connectivity index is 1.46. The van der Waals surface area contributed by atoms with Crippen LogP contribution in [0.25, 0.3) is 10.2 Å². The monoisotopic (exact) mass is 337 g/mol. The molecule has 1 N–H and O–H groups in total. The number of rotatable bonds is 3. The van der Waals surface area contributed by atoms with Crippen molar-refractivity contribution >= 4 is 32.6 Å². The molecule has 4 nitrogen and oxygen atoms in total. The summed E-state index contributed by atoms with van der Waals surface area (Å²) < 4.78 is 1.09. The lowest BCUT2D eigenvalue weighted by Crippen LogP contribution is -2.44. The van der Waals surface area contributed by atoms with Gasteiger partial charge in [-0.25, -0.2) is 4.98 Å². The van der Waals surface area contributed by atoms with Gasteiger partial charge < -0.3 is 5.32 Å². The van der Waals surface area contributed by atoms with Crippen molar-refractivity contribution in [2.45, 2.75) is 25.9 Å². The van der Waals surface area contributed by atoms with Gasteiger partial charge in [-0.05, 0) is 36.6 Å². The average Bonchev–Trinajstić information content (AvgIpc) is 3.02. The number of hydrogen-bond acceptors (Lipinski definition) is 4. The molecular formula is C19H19N3OS. The molecule has 1 atom stereocenters. The van der Waals surface area contributed by atoms with Crippen molar-refractivity contribution in [2.24, 2.45) is 0 Å². The van der Waals surface area contributed by atoms with E-state index in [1.165, 1.54) is 22.5 Å². The molecule has 0 spiro atoms. The van der Waals surface area contributed by atoms with Crippen LogP contribution in [0.4, 0.5) is 5.13 Å². The Labute approximate surface area is 145 Å². The average molecular weight is 337 g/mol. The van der Waals surface area contributed by atoms with Crippen molar-refractivity contribution in [3.8, 4) is 0 Å². The molecule has 0 saturated heterocycles. The molecule has 4 rings (SSSR count). The van der Waals surface area contributed by atoms with Gasteiger partial charge in [-0.3, -0.25) is 9.69 Å². The van der Waals surface area contributed by atoms with Gasteiger partial charge in [-0.1, -0.05) is 47.7 Å². The van der Waals surface area contributed by atoms with Gasteiger partial charge in [0.1, 0.15) is 0 Å². The number of nitrogens with one attached hydrogen (secondary N) is 1. The SMILES string of the molecule is CC(C(=O)Nc1nc2ccccc2s1)N1CCc2ccccc2C1. The van der Waals surface area contributed by atoms with Crippen LogP contribution in [-0.2, 0) is 17.8 Å². The second-order valence-electron chi connectivity index (χ2n) is 6.14. The van der Waals surface area contributed by atoms with Crippen LogP contribution >= 0.6 is 11.3 Å². The van der Waals surface area contributed by atoms with Crippen LogP contribution in [0.15, 0.2) is 48.5 Å². The lowest BCUT2D eigenvalue weighted by atomic mass is 9.99. The minimum absolute atomic E-state index is 0.00781. The number of nitrogens with zero attached hydrogens (tertiary/aromatic N) is 2. The summed E-state index contributed by atoms with van der Waals surface area (Å²) in [5.74, 6) is 0.00781. The van der Waals surface area contributed by atoms with E-state index in [0.717, 1.165) is 29.7 Å². The molecule has 5 heteroatoms. The Kier molecular flexibility index (Phi) is 4.04. The van der Waals surface area contributed by atoms with Crippen molar-refractivity contribution in [3.63, 3.8) is 0 Å². The quantitative estimate of drug-likeness (QED) is 0.793. The molecule has 1 aliphatic heterocycles. The van der Waals surface area contributed by atoms with Gasteiger partial charge in [0.25, 0.3) is 0 Å². The lowest BCUT2D eigenvalue weighted by molar-refractivity contribution is -0.121. The van der Waals surface area contributed by atoms with E-state index in [4.69, 9.17) is 0 Å². The number of amides is 1. The smallest absolute Gasteiger partial charge is 0.243 e. The largest absolute Gasteiger partial charge is 0.301 e. The topological polar surface area (TPSA) is 45.2 Å². The zero-order chi connectivity index (χ0) is 16.5. The third kappa shape index (κ3) is 2.92. The fourth-order valence-electron chi connectivity index (χ4n) is 3.15. The minimum atomic E-state index is -0.176. The van der Waals surface area contributed by atoms with Crippen molar-refractivity contribution < 1.29 is 4.79 Å². The Morgan fingerprint density at radius 1 is 1.17 bits per heavy atom. The molecule has 1 aromatic heterocycles. The summed E-state index contributed by atoms with van der Waals surface area (Å²) in [7, 11) is 0. The summed E-state index contributed by atoms with van der Waals surface area (Å²) in [5.41, 5.74) is 3.65. The van der Waals surface area contributed by atoms with Crippen LogP contribution in [0.5, 0.6) is 0 Å². The Hall–Kier alpha value is -2.24. The minimum Gasteiger partial charge on any atom is -0.301 e. The van der Waals surface area contributed by atoms with Gasteiger partial charge in [0.2, 0.25) is 5.91 Å². The highest BCUT2D eigenvalue weighted by Gasteiger charge is 2.25. The van der Waals surface area contributed by atoms with E-state index < -0.39 is 0 Å². The summed E-state index contributed by atoms with van der Waals surface area (Å²) in [6.07, 6.45) is 0.995. The van der Waals surface area contributed by atoms with E-state index in [0.29, 0.717) is 5.13 Å². The van der Waals surface area contributed by atoms with Crippen molar-refractivity contribution in [1.82, 2.24) is 9.88 Å². The molecule has 2 heterocycles. The maximum Gasteiger partial charge on any atom is 0.243 e. The van der Waals surface area contributed by atoms with E-state index in [-0.39, 0.29) is 11.9 Å². The van der Waals surface area contributed by atoms with Gasteiger partial charge in [0.05, 0.1) is 16.3 Å². The molecule has 0 bridgehead atoms. The highest BCUT2D eigenvalue weighted by molar-refractivity contribution is 7.22. The number of anilines is 1. The standard InChI is InChI=1S/C19H19N3OS/c1-13(22-11-10-14-6-2-3-7-15(14)12-22)18(23)21-19-20-16-8-4-5-9-17(16)24-19/h2-9,13H,10-12H2,1H3,(H,20,21,23). The van der Waals surface area contributed by atoms with Gasteiger partial charge >= 0.3 is 0 Å². The fourth-order valence-corrected chi connectivity index (χ4v) is 4.02. The number of benzene rings is 2. The Morgan fingerprint density at radius 3 is 2.75 bits per heavy atom. The molecule has 2 aromatic carbocycles. The maximum absolute atomic E-state index is 12.6. The molecule has 0 saturated carbocycles. The molecule has 0 radical (unpaired) electrons. The number of aromatic nitrogens is 1. The molecule has 3 aromatic rings. The van der Waals surface area contributed by atoms with E-state index >= 15 is 0 Å². The highest BCUT2D eigenvalue weighted by Crippen LogP contribution is 2.26. The zero-order valence-corrected chi connectivity index (χ0v) is 14.3. The van der Waals surface area contributed by atoms with Crippen LogP contribution < -0.4 is 5.32 Å². The summed E-state index contributed by atoms with van der Waals surface area (Å²) in [6, 6.07) is 16.2. The van der Waals surface area contributed by atoms with Crippen LogP contribution in [0, 0.1) is 0 Å². The van der Waals surface area contributed by atoms with Gasteiger partial charge in [0, 0.05) is 13.1 Å². The highest BCUT2D eigenvalue weighted by atomic mass is 32.1. The van der Waals surface area contributed by atoms with Crippen LogP contribution in [0.3, 0.4) is 0 Å². The second kappa shape index (κ2) is 6.34. The van der Waals surface area contributed by atoms with Gasteiger partial charge in [-0.2, -0.15) is 0 Å². The summed E-state index contributed by atoms with van der Waals surface area (Å²) >= 11 is 1.52. The van der Waals surface area contributed by atoms with Gasteiger partial charge in [0.15, 0.2) is 5.13 Å². The predicted octanol–water partition coefficient (Wildman–Crippen LogP) is 3.68. The second-order valence-corrected chi connectivity index (χ2v) is 7.17. The zero-order valence-electron chi connectivity index (χ0n) is 13.5. The Morgan fingerprint density at radius 2 is 1.92 bits per heavy atom. The molecule has 122 valence electrons. The van der Waals surface area contributed by atoms with Crippen molar-refractivity contribution in [3.05, 3.63) is 59.7 Å². The predicted molar refractivity (Wildman–Crippen MR) is 98.3 cm³/mol. The molecule has 1 unspecified atom stereocenters. The van der Waals surface area contributed by atoms with E-state index in [1.807, 2.05) is 31.2 Å². The number of para-hydroxylation sites is 1. The van der Waals surface area contributed by atoms with Crippen molar-refractivity contribution in [2.75, 3.05) is 11.9 Å². The Bertz CT molecular complexity index is 856. The van der Waals surface area contributed by atoms with E-state index in [9.17, 15) is 4.79 Å². The molecule has 24 heavy (non-hydrogen) atoms. The van der Waals surface area contributed by atoms with Crippen LogP contribution in [0.1, 0.15) is 18.1 Å². The molecular weight excluding hydrogens is 318 g/mol. The van der Waals surface area contributed by atoms with E-state index in [1.54, 1.807) is 0 Å². The van der Waals surface area contributed by atoms with Crippen LogP contribution in [-0.4, -0.2) is 28.4 Å². The molecule has 1 amide bonds. The fraction of sp³-hybridized carbons (Fsp3) is 0.263.